The van der Waals surface area contributed by atoms with Gasteiger partial charge in [-0.3, -0.25) is 9.20 Å². The van der Waals surface area contributed by atoms with E-state index in [9.17, 15) is 4.79 Å². The number of carbonyl (C=O) groups excluding carboxylic acids is 1. The Labute approximate surface area is 271 Å². The average Bonchev–Trinajstić information content (AvgIpc) is 3.37. The number of benzene rings is 3. The van der Waals surface area contributed by atoms with Crippen LogP contribution in [0.3, 0.4) is 0 Å². The standard InChI is InChI=1S/C34H32Cl2N6OS/c1-21-8-12-23(13-9-21)38-29(19-28(37)34(2,3)4)39-31(43)18-22-10-14-24(15-11-22)44-25-16-17-30-40-41-33(42(30)20-25)32-26(35)6-5-7-27(32)36/h5-17,19-20H,18,37H2,1-4H3,(H,38,39,43). The van der Waals surface area contributed by atoms with Crippen molar-refractivity contribution in [1.29, 1.82) is 0 Å². The smallest absolute Gasteiger partial charge is 0.229 e. The first-order valence-electron chi connectivity index (χ1n) is 13.9. The molecule has 10 heteroatoms. The number of carbonyl (C=O) groups is 1. The Morgan fingerprint density at radius 1 is 0.955 bits per heavy atom. The first kappa shape index (κ1) is 31.3. The van der Waals surface area contributed by atoms with Crippen molar-refractivity contribution in [1.82, 2.24) is 19.9 Å². The van der Waals surface area contributed by atoms with E-state index in [1.807, 2.05) is 99.0 Å². The van der Waals surface area contributed by atoms with Gasteiger partial charge in [-0.25, -0.2) is 4.99 Å². The summed E-state index contributed by atoms with van der Waals surface area (Å²) < 4.78 is 1.88. The van der Waals surface area contributed by atoms with Crippen molar-refractivity contribution in [2.75, 3.05) is 0 Å². The number of rotatable bonds is 7. The topological polar surface area (TPSA) is 97.7 Å². The van der Waals surface area contributed by atoms with Crippen molar-refractivity contribution < 1.29 is 4.79 Å². The van der Waals surface area contributed by atoms with E-state index >= 15 is 0 Å². The number of amidine groups is 1. The van der Waals surface area contributed by atoms with Crippen LogP contribution in [-0.2, 0) is 11.2 Å². The lowest BCUT2D eigenvalue weighted by Crippen LogP contribution is -2.32. The number of aliphatic imine (C=N–C) groups is 1. The van der Waals surface area contributed by atoms with Crippen molar-refractivity contribution in [2.45, 2.75) is 43.9 Å². The predicted octanol–water partition coefficient (Wildman–Crippen LogP) is 8.44. The molecule has 0 saturated carbocycles. The Morgan fingerprint density at radius 3 is 2.27 bits per heavy atom. The third-order valence-electron chi connectivity index (χ3n) is 6.79. The van der Waals surface area contributed by atoms with Crippen molar-refractivity contribution in [3.63, 3.8) is 0 Å². The normalized spacial score (nSPS) is 12.5. The first-order chi connectivity index (χ1) is 21.0. The fourth-order valence-corrected chi connectivity index (χ4v) is 5.62. The summed E-state index contributed by atoms with van der Waals surface area (Å²) in [6, 6.07) is 24.9. The third-order valence-corrected chi connectivity index (χ3v) is 8.41. The molecule has 0 aliphatic heterocycles. The number of pyridine rings is 1. The summed E-state index contributed by atoms with van der Waals surface area (Å²) in [5, 5.41) is 12.6. The van der Waals surface area contributed by atoms with Gasteiger partial charge in [-0.15, -0.1) is 10.2 Å². The van der Waals surface area contributed by atoms with E-state index in [0.717, 1.165) is 26.6 Å². The number of nitrogens with zero attached hydrogens (tertiary/aromatic N) is 4. The number of halogens is 2. The van der Waals surface area contributed by atoms with Gasteiger partial charge in [-0.2, -0.15) is 0 Å². The zero-order chi connectivity index (χ0) is 31.4. The van der Waals surface area contributed by atoms with Gasteiger partial charge in [-0.05, 0) is 61.0 Å². The Balaban J connectivity index is 1.30. The van der Waals surface area contributed by atoms with E-state index in [0.29, 0.717) is 38.6 Å². The molecule has 224 valence electrons. The van der Waals surface area contributed by atoms with Gasteiger partial charge >= 0.3 is 0 Å². The number of allylic oxidation sites excluding steroid dienone is 1. The summed E-state index contributed by atoms with van der Waals surface area (Å²) in [5.74, 6) is 0.794. The third kappa shape index (κ3) is 7.69. The SMILES string of the molecule is Cc1ccc(N=C(C=C(N)C(C)(C)C)NC(=O)Cc2ccc(Sc3ccc4nnc(-c5c(Cl)cccc5Cl)n4c3)cc2)cc1. The lowest BCUT2D eigenvalue weighted by molar-refractivity contribution is -0.119. The second-order valence-electron chi connectivity index (χ2n) is 11.4. The van der Waals surface area contributed by atoms with Gasteiger partial charge in [0.15, 0.2) is 11.5 Å². The summed E-state index contributed by atoms with van der Waals surface area (Å²) in [7, 11) is 0. The lowest BCUT2D eigenvalue weighted by Gasteiger charge is -2.19. The highest BCUT2D eigenvalue weighted by molar-refractivity contribution is 7.99. The summed E-state index contributed by atoms with van der Waals surface area (Å²) in [5.41, 5.74) is 10.7. The van der Waals surface area contributed by atoms with Crippen LogP contribution in [0.15, 0.2) is 112 Å². The van der Waals surface area contributed by atoms with E-state index in [2.05, 4.69) is 20.5 Å². The Kier molecular flexibility index (Phi) is 9.44. The maximum absolute atomic E-state index is 13.1. The van der Waals surface area contributed by atoms with Crippen molar-refractivity contribution in [2.24, 2.45) is 16.1 Å². The number of aryl methyl sites for hydroxylation is 1. The Hall–Kier alpha value is -4.11. The molecule has 0 aliphatic carbocycles. The van der Waals surface area contributed by atoms with Crippen LogP contribution in [0.1, 0.15) is 31.9 Å². The van der Waals surface area contributed by atoms with Crippen LogP contribution in [0.5, 0.6) is 0 Å². The van der Waals surface area contributed by atoms with Crippen molar-refractivity contribution in [3.8, 4) is 11.4 Å². The van der Waals surface area contributed by atoms with Crippen LogP contribution >= 0.6 is 35.0 Å². The molecule has 0 radical (unpaired) electrons. The molecule has 5 rings (SSSR count). The molecule has 0 unspecified atom stereocenters. The van der Waals surface area contributed by atoms with E-state index in [1.54, 1.807) is 36.0 Å². The summed E-state index contributed by atoms with van der Waals surface area (Å²) in [4.78, 5) is 19.7. The quantitative estimate of drug-likeness (QED) is 0.137. The van der Waals surface area contributed by atoms with E-state index in [-0.39, 0.29) is 17.7 Å². The fraction of sp³-hybridized carbons (Fsp3) is 0.176. The van der Waals surface area contributed by atoms with Crippen LogP contribution in [0.2, 0.25) is 10.0 Å². The first-order valence-corrected chi connectivity index (χ1v) is 15.5. The van der Waals surface area contributed by atoms with Crippen LogP contribution in [0.4, 0.5) is 5.69 Å². The van der Waals surface area contributed by atoms with Crippen LogP contribution in [-0.4, -0.2) is 26.3 Å². The van der Waals surface area contributed by atoms with Crippen LogP contribution < -0.4 is 11.1 Å². The van der Waals surface area contributed by atoms with E-state index < -0.39 is 0 Å². The molecule has 0 atom stereocenters. The second kappa shape index (κ2) is 13.3. The van der Waals surface area contributed by atoms with E-state index in [1.165, 1.54) is 0 Å². The van der Waals surface area contributed by atoms with Gasteiger partial charge < -0.3 is 11.1 Å². The maximum Gasteiger partial charge on any atom is 0.229 e. The molecular formula is C34H32Cl2N6OS. The molecule has 1 amide bonds. The minimum atomic E-state index is -0.269. The fourth-order valence-electron chi connectivity index (χ4n) is 4.22. The summed E-state index contributed by atoms with van der Waals surface area (Å²) >= 11 is 14.5. The summed E-state index contributed by atoms with van der Waals surface area (Å²) in [6.07, 6.45) is 3.88. The van der Waals surface area contributed by atoms with Crippen LogP contribution in [0, 0.1) is 12.3 Å². The summed E-state index contributed by atoms with van der Waals surface area (Å²) in [6.45, 7) is 8.06. The average molecular weight is 644 g/mol. The molecule has 0 bridgehead atoms. The molecule has 0 saturated heterocycles. The zero-order valence-electron chi connectivity index (χ0n) is 24.8. The zero-order valence-corrected chi connectivity index (χ0v) is 27.1. The number of nitrogens with two attached hydrogens (primary N) is 1. The molecule has 2 heterocycles. The number of hydrogen-bond donors (Lipinski definition) is 2. The second-order valence-corrected chi connectivity index (χ2v) is 13.3. The molecule has 0 spiro atoms. The molecule has 44 heavy (non-hydrogen) atoms. The van der Waals surface area contributed by atoms with Gasteiger partial charge in [-0.1, -0.05) is 91.6 Å². The predicted molar refractivity (Wildman–Crippen MR) is 181 cm³/mol. The minimum Gasteiger partial charge on any atom is -0.401 e. The number of nitrogens with one attached hydrogen (secondary N) is 1. The monoisotopic (exact) mass is 642 g/mol. The van der Waals surface area contributed by atoms with Crippen LogP contribution in [0.25, 0.3) is 17.0 Å². The Morgan fingerprint density at radius 2 is 1.61 bits per heavy atom. The molecule has 0 aliphatic rings. The molecule has 3 N–H and O–H groups in total. The highest BCUT2D eigenvalue weighted by atomic mass is 35.5. The van der Waals surface area contributed by atoms with E-state index in [4.69, 9.17) is 28.9 Å². The van der Waals surface area contributed by atoms with Gasteiger partial charge in [0.05, 0.1) is 27.7 Å². The number of hydrogen-bond acceptors (Lipinski definition) is 6. The molecule has 3 aromatic carbocycles. The van der Waals surface area contributed by atoms with Gasteiger partial charge in [0.2, 0.25) is 5.91 Å². The molecule has 5 aromatic rings. The van der Waals surface area contributed by atoms with Gasteiger partial charge in [0.25, 0.3) is 0 Å². The molecule has 7 nitrogen and oxygen atoms in total. The molecular weight excluding hydrogens is 611 g/mol. The van der Waals surface area contributed by atoms with Gasteiger partial charge in [0.1, 0.15) is 5.84 Å². The highest BCUT2D eigenvalue weighted by Gasteiger charge is 2.17. The number of aromatic nitrogens is 3. The number of fused-ring (bicyclic) bond motifs is 1. The molecule has 2 aromatic heterocycles. The largest absolute Gasteiger partial charge is 0.401 e. The molecule has 0 fully saturated rings. The highest BCUT2D eigenvalue weighted by Crippen LogP contribution is 2.35. The Bertz CT molecular complexity index is 1850. The van der Waals surface area contributed by atoms with Gasteiger partial charge in [0, 0.05) is 33.2 Å². The maximum atomic E-state index is 13.1. The van der Waals surface area contributed by atoms with Crippen molar-refractivity contribution >= 4 is 58.0 Å². The van der Waals surface area contributed by atoms with Crippen molar-refractivity contribution in [3.05, 3.63) is 118 Å². The lowest BCUT2D eigenvalue weighted by atomic mass is 9.92. The minimum absolute atomic E-state index is 0.182. The number of amides is 1.